The molecule has 98 valence electrons. The van der Waals surface area contributed by atoms with Crippen LogP contribution in [0.1, 0.15) is 26.2 Å². The molecule has 6 nitrogen and oxygen atoms in total. The quantitative estimate of drug-likeness (QED) is 0.589. The van der Waals surface area contributed by atoms with E-state index < -0.39 is 5.60 Å². The normalized spacial score (nSPS) is 18.5. The van der Waals surface area contributed by atoms with Crippen LogP contribution in [-0.4, -0.2) is 48.8 Å². The van der Waals surface area contributed by atoms with Crippen LogP contribution in [-0.2, 0) is 14.3 Å². The van der Waals surface area contributed by atoms with Crippen LogP contribution >= 0.6 is 0 Å². The second kappa shape index (κ2) is 6.56. The van der Waals surface area contributed by atoms with Crippen molar-refractivity contribution in [1.29, 1.82) is 0 Å². The Balaban J connectivity index is 2.16. The predicted molar refractivity (Wildman–Crippen MR) is 61.3 cm³/mol. The maximum atomic E-state index is 11.4. The van der Waals surface area contributed by atoms with Crippen LogP contribution in [0, 0.1) is 0 Å². The first-order valence-electron chi connectivity index (χ1n) is 5.83. The van der Waals surface area contributed by atoms with Gasteiger partial charge in [0.05, 0.1) is 5.60 Å². The number of hydrogen-bond donors (Lipinski definition) is 3. The van der Waals surface area contributed by atoms with Gasteiger partial charge in [-0.3, -0.25) is 9.59 Å². The number of rotatable bonds is 5. The van der Waals surface area contributed by atoms with Gasteiger partial charge in [-0.05, 0) is 0 Å². The Morgan fingerprint density at radius 2 is 1.94 bits per heavy atom. The van der Waals surface area contributed by atoms with E-state index in [1.54, 1.807) is 0 Å². The zero-order valence-electron chi connectivity index (χ0n) is 10.1. The van der Waals surface area contributed by atoms with Crippen LogP contribution in [0.3, 0.4) is 0 Å². The fraction of sp³-hybridized carbons (Fsp3) is 0.818. The molecule has 6 heteroatoms. The first-order valence-corrected chi connectivity index (χ1v) is 5.83. The minimum Gasteiger partial charge on any atom is -0.388 e. The lowest BCUT2D eigenvalue weighted by atomic mass is 9.94. The van der Waals surface area contributed by atoms with E-state index in [1.165, 1.54) is 6.92 Å². The van der Waals surface area contributed by atoms with Crippen LogP contribution in [0.5, 0.6) is 0 Å². The van der Waals surface area contributed by atoms with E-state index in [1.807, 2.05) is 0 Å². The number of aliphatic hydroxyl groups is 1. The number of carbonyl (C=O) groups excluding carboxylic acids is 2. The largest absolute Gasteiger partial charge is 0.388 e. The standard InChI is InChI=1S/C11H20N2O4/c1-9(14)12-5-2-10(15)13-8-11(16)3-6-17-7-4-11/h16H,2-8H2,1H3,(H,12,14)(H,13,15). The van der Waals surface area contributed by atoms with Crippen LogP contribution in [0.2, 0.25) is 0 Å². The molecule has 1 aliphatic rings. The monoisotopic (exact) mass is 244 g/mol. The van der Waals surface area contributed by atoms with E-state index in [2.05, 4.69) is 10.6 Å². The highest BCUT2D eigenvalue weighted by atomic mass is 16.5. The summed E-state index contributed by atoms with van der Waals surface area (Å²) in [6, 6.07) is 0. The molecule has 0 aromatic heterocycles. The summed E-state index contributed by atoms with van der Waals surface area (Å²) in [5.41, 5.74) is -0.845. The topological polar surface area (TPSA) is 87.7 Å². The highest BCUT2D eigenvalue weighted by Crippen LogP contribution is 2.19. The Kier molecular flexibility index (Phi) is 5.37. The summed E-state index contributed by atoms with van der Waals surface area (Å²) in [6.07, 6.45) is 1.31. The smallest absolute Gasteiger partial charge is 0.221 e. The molecule has 0 spiro atoms. The average molecular weight is 244 g/mol. The van der Waals surface area contributed by atoms with Crippen molar-refractivity contribution in [2.24, 2.45) is 0 Å². The highest BCUT2D eigenvalue weighted by Gasteiger charge is 2.29. The lowest BCUT2D eigenvalue weighted by Gasteiger charge is -2.32. The van der Waals surface area contributed by atoms with Gasteiger partial charge in [-0.2, -0.15) is 0 Å². The Bertz CT molecular complexity index is 275. The number of ether oxygens (including phenoxy) is 1. The van der Waals surface area contributed by atoms with E-state index in [-0.39, 0.29) is 24.8 Å². The average Bonchev–Trinajstić information content (AvgIpc) is 2.27. The summed E-state index contributed by atoms with van der Waals surface area (Å²) >= 11 is 0. The summed E-state index contributed by atoms with van der Waals surface area (Å²) in [7, 11) is 0. The van der Waals surface area contributed by atoms with Crippen molar-refractivity contribution in [2.75, 3.05) is 26.3 Å². The molecule has 0 radical (unpaired) electrons. The highest BCUT2D eigenvalue weighted by molar-refractivity contribution is 5.77. The molecule has 3 N–H and O–H groups in total. The molecule has 0 aliphatic carbocycles. The molecule has 2 amide bonds. The summed E-state index contributed by atoms with van der Waals surface area (Å²) in [6.45, 7) is 3.02. The van der Waals surface area contributed by atoms with Gasteiger partial charge in [0.1, 0.15) is 0 Å². The van der Waals surface area contributed by atoms with Gasteiger partial charge in [0.15, 0.2) is 0 Å². The second-order valence-corrected chi connectivity index (χ2v) is 4.35. The van der Waals surface area contributed by atoms with E-state index in [0.29, 0.717) is 32.6 Å². The number of carbonyl (C=O) groups is 2. The molecule has 0 aromatic rings. The van der Waals surface area contributed by atoms with Crippen LogP contribution < -0.4 is 10.6 Å². The van der Waals surface area contributed by atoms with Crippen molar-refractivity contribution in [3.63, 3.8) is 0 Å². The van der Waals surface area contributed by atoms with Crippen molar-refractivity contribution in [2.45, 2.75) is 31.8 Å². The molecule has 1 heterocycles. The molecule has 1 aliphatic heterocycles. The van der Waals surface area contributed by atoms with Crippen LogP contribution in [0.25, 0.3) is 0 Å². The molecule has 1 rings (SSSR count). The van der Waals surface area contributed by atoms with Gasteiger partial charge in [0.2, 0.25) is 11.8 Å². The maximum Gasteiger partial charge on any atom is 0.221 e. The van der Waals surface area contributed by atoms with Crippen molar-refractivity contribution < 1.29 is 19.4 Å². The van der Waals surface area contributed by atoms with Crippen LogP contribution in [0.4, 0.5) is 0 Å². The summed E-state index contributed by atoms with van der Waals surface area (Å²) < 4.78 is 5.14. The SMILES string of the molecule is CC(=O)NCCC(=O)NCC1(O)CCOCC1. The third-order valence-corrected chi connectivity index (χ3v) is 2.76. The lowest BCUT2D eigenvalue weighted by molar-refractivity contribution is -0.124. The Labute approximate surface area is 101 Å². The predicted octanol–water partition coefficient (Wildman–Crippen LogP) is -0.830. The number of nitrogens with one attached hydrogen (secondary N) is 2. The first kappa shape index (κ1) is 13.9. The second-order valence-electron chi connectivity index (χ2n) is 4.35. The third-order valence-electron chi connectivity index (χ3n) is 2.76. The molecule has 1 fully saturated rings. The van der Waals surface area contributed by atoms with Crippen molar-refractivity contribution in [3.05, 3.63) is 0 Å². The van der Waals surface area contributed by atoms with Gasteiger partial charge in [0.25, 0.3) is 0 Å². The molecule has 1 saturated heterocycles. The van der Waals surface area contributed by atoms with Gasteiger partial charge in [-0.15, -0.1) is 0 Å². The summed E-state index contributed by atoms with van der Waals surface area (Å²) in [5.74, 6) is -0.320. The zero-order valence-corrected chi connectivity index (χ0v) is 10.1. The molecular weight excluding hydrogens is 224 g/mol. The lowest BCUT2D eigenvalue weighted by Crippen LogP contribution is -2.47. The molecule has 17 heavy (non-hydrogen) atoms. The van der Waals surface area contributed by atoms with E-state index in [0.717, 1.165) is 0 Å². The molecule has 0 bridgehead atoms. The van der Waals surface area contributed by atoms with E-state index in [4.69, 9.17) is 4.74 Å². The Morgan fingerprint density at radius 1 is 1.29 bits per heavy atom. The summed E-state index contributed by atoms with van der Waals surface area (Å²) in [4.78, 5) is 22.0. The minimum atomic E-state index is -0.845. The molecule has 0 unspecified atom stereocenters. The van der Waals surface area contributed by atoms with Gasteiger partial charge in [-0.25, -0.2) is 0 Å². The van der Waals surface area contributed by atoms with Gasteiger partial charge in [0, 0.05) is 52.5 Å². The van der Waals surface area contributed by atoms with Crippen molar-refractivity contribution in [3.8, 4) is 0 Å². The summed E-state index contributed by atoms with van der Waals surface area (Å²) in [5, 5.41) is 15.3. The fourth-order valence-electron chi connectivity index (χ4n) is 1.63. The van der Waals surface area contributed by atoms with Gasteiger partial charge < -0.3 is 20.5 Å². The molecule has 0 atom stereocenters. The van der Waals surface area contributed by atoms with E-state index >= 15 is 0 Å². The number of amides is 2. The van der Waals surface area contributed by atoms with E-state index in [9.17, 15) is 14.7 Å². The number of hydrogen-bond acceptors (Lipinski definition) is 4. The molecular formula is C11H20N2O4. The van der Waals surface area contributed by atoms with Crippen molar-refractivity contribution >= 4 is 11.8 Å². The Hall–Kier alpha value is -1.14. The minimum absolute atomic E-state index is 0.152. The maximum absolute atomic E-state index is 11.4. The van der Waals surface area contributed by atoms with Gasteiger partial charge in [-0.1, -0.05) is 0 Å². The van der Waals surface area contributed by atoms with Gasteiger partial charge >= 0.3 is 0 Å². The molecule has 0 saturated carbocycles. The van der Waals surface area contributed by atoms with Crippen molar-refractivity contribution in [1.82, 2.24) is 10.6 Å². The zero-order chi connectivity index (χ0) is 12.7. The van der Waals surface area contributed by atoms with Crippen LogP contribution in [0.15, 0.2) is 0 Å². The Morgan fingerprint density at radius 3 is 2.53 bits per heavy atom. The molecule has 0 aromatic carbocycles. The fourth-order valence-corrected chi connectivity index (χ4v) is 1.63. The third kappa shape index (κ3) is 5.65. The first-order chi connectivity index (χ1) is 8.02.